The molecule has 0 aromatic carbocycles. The minimum absolute atomic E-state index is 0.557. The second-order valence-electron chi connectivity index (χ2n) is 3.51. The molecule has 4 nitrogen and oxygen atoms in total. The van der Waals surface area contributed by atoms with Crippen molar-refractivity contribution in [2.75, 3.05) is 6.54 Å². The lowest BCUT2D eigenvalue weighted by Gasteiger charge is -2.23. The van der Waals surface area contributed by atoms with Crippen molar-refractivity contribution in [3.63, 3.8) is 0 Å². The van der Waals surface area contributed by atoms with E-state index in [9.17, 15) is 0 Å². The summed E-state index contributed by atoms with van der Waals surface area (Å²) in [6.45, 7) is 8.48. The first-order valence-electron chi connectivity index (χ1n) is 4.72. The molecule has 1 aromatic rings. The maximum atomic E-state index is 4.06. The zero-order valence-electron chi connectivity index (χ0n) is 8.86. The molecule has 0 atom stereocenters. The van der Waals surface area contributed by atoms with E-state index in [0.717, 1.165) is 18.9 Å². The van der Waals surface area contributed by atoms with E-state index in [1.807, 2.05) is 11.6 Å². The normalized spacial score (nSPS) is 11.5. The van der Waals surface area contributed by atoms with Crippen molar-refractivity contribution in [2.24, 2.45) is 7.05 Å². The van der Waals surface area contributed by atoms with Crippen molar-refractivity contribution in [3.05, 3.63) is 12.2 Å². The summed E-state index contributed by atoms with van der Waals surface area (Å²) in [5, 5.41) is 7.91. The molecule has 0 N–H and O–H groups in total. The van der Waals surface area contributed by atoms with E-state index in [-0.39, 0.29) is 0 Å². The van der Waals surface area contributed by atoms with E-state index in [1.165, 1.54) is 0 Å². The zero-order chi connectivity index (χ0) is 9.84. The number of hydrogen-bond donors (Lipinski definition) is 0. The molecular formula is C9H18N4. The summed E-state index contributed by atoms with van der Waals surface area (Å²) in [5.74, 6) is 1.02. The molecule has 0 radical (unpaired) electrons. The van der Waals surface area contributed by atoms with E-state index in [0.29, 0.717) is 6.04 Å². The Bertz CT molecular complexity index is 254. The molecule has 0 fully saturated rings. The average Bonchev–Trinajstić information content (AvgIpc) is 2.46. The number of aryl methyl sites for hydroxylation is 1. The number of aromatic nitrogens is 3. The van der Waals surface area contributed by atoms with Crippen LogP contribution in [0.2, 0.25) is 0 Å². The smallest absolute Gasteiger partial charge is 0.146 e. The highest BCUT2D eigenvalue weighted by Gasteiger charge is 2.10. The Hall–Kier alpha value is -0.900. The average molecular weight is 182 g/mol. The van der Waals surface area contributed by atoms with E-state index in [2.05, 4.69) is 35.9 Å². The first-order chi connectivity index (χ1) is 6.15. The monoisotopic (exact) mass is 182 g/mol. The van der Waals surface area contributed by atoms with Gasteiger partial charge in [0.05, 0.1) is 6.54 Å². The molecule has 4 heteroatoms. The van der Waals surface area contributed by atoms with Crippen LogP contribution >= 0.6 is 0 Å². The van der Waals surface area contributed by atoms with Crippen LogP contribution < -0.4 is 0 Å². The Kier molecular flexibility index (Phi) is 3.42. The highest BCUT2D eigenvalue weighted by atomic mass is 15.3. The van der Waals surface area contributed by atoms with Crippen LogP contribution in [0, 0.1) is 0 Å². The van der Waals surface area contributed by atoms with Gasteiger partial charge in [-0.15, -0.1) is 10.2 Å². The summed E-state index contributed by atoms with van der Waals surface area (Å²) in [5.41, 5.74) is 0. The fourth-order valence-corrected chi connectivity index (χ4v) is 1.29. The molecule has 0 aliphatic heterocycles. The van der Waals surface area contributed by atoms with Gasteiger partial charge in [0.2, 0.25) is 0 Å². The lowest BCUT2D eigenvalue weighted by Crippen LogP contribution is -2.31. The largest absolute Gasteiger partial charge is 0.320 e. The third-order valence-electron chi connectivity index (χ3n) is 2.29. The van der Waals surface area contributed by atoms with Crippen molar-refractivity contribution in [1.29, 1.82) is 0 Å². The van der Waals surface area contributed by atoms with Gasteiger partial charge in [-0.1, -0.05) is 6.92 Å². The van der Waals surface area contributed by atoms with Crippen molar-refractivity contribution in [3.8, 4) is 0 Å². The van der Waals surface area contributed by atoms with Gasteiger partial charge in [-0.25, -0.2) is 0 Å². The van der Waals surface area contributed by atoms with E-state index in [1.54, 1.807) is 6.33 Å². The van der Waals surface area contributed by atoms with Gasteiger partial charge in [-0.2, -0.15) is 0 Å². The lowest BCUT2D eigenvalue weighted by molar-refractivity contribution is 0.217. The summed E-state index contributed by atoms with van der Waals surface area (Å²) in [6.07, 6.45) is 1.74. The molecule has 0 saturated heterocycles. The SMILES string of the molecule is CCN(Cc1nncn1C)C(C)C. The van der Waals surface area contributed by atoms with E-state index in [4.69, 9.17) is 0 Å². The Balaban J connectivity index is 2.62. The van der Waals surface area contributed by atoms with Crippen LogP contribution in [0.15, 0.2) is 6.33 Å². The predicted octanol–water partition coefficient (Wildman–Crippen LogP) is 1.05. The first kappa shape index (κ1) is 10.2. The molecule has 0 bridgehead atoms. The van der Waals surface area contributed by atoms with E-state index >= 15 is 0 Å². The third-order valence-corrected chi connectivity index (χ3v) is 2.29. The third kappa shape index (κ3) is 2.52. The van der Waals surface area contributed by atoms with Gasteiger partial charge in [0.1, 0.15) is 12.2 Å². The number of rotatable bonds is 4. The molecular weight excluding hydrogens is 164 g/mol. The van der Waals surface area contributed by atoms with Crippen LogP contribution in [0.1, 0.15) is 26.6 Å². The van der Waals surface area contributed by atoms with Gasteiger partial charge in [-0.05, 0) is 20.4 Å². The summed E-state index contributed by atoms with van der Waals surface area (Å²) >= 11 is 0. The van der Waals surface area contributed by atoms with Crippen LogP contribution in [0.4, 0.5) is 0 Å². The fourth-order valence-electron chi connectivity index (χ4n) is 1.29. The number of hydrogen-bond acceptors (Lipinski definition) is 3. The van der Waals surface area contributed by atoms with Crippen LogP contribution in [-0.4, -0.2) is 32.3 Å². The lowest BCUT2D eigenvalue weighted by atomic mass is 10.3. The Morgan fingerprint density at radius 2 is 2.23 bits per heavy atom. The van der Waals surface area contributed by atoms with Crippen LogP contribution in [0.5, 0.6) is 0 Å². The van der Waals surface area contributed by atoms with Crippen LogP contribution in [0.25, 0.3) is 0 Å². The summed E-state index contributed by atoms with van der Waals surface area (Å²) < 4.78 is 1.96. The molecule has 0 amide bonds. The predicted molar refractivity (Wildman–Crippen MR) is 52.2 cm³/mol. The maximum Gasteiger partial charge on any atom is 0.146 e. The second kappa shape index (κ2) is 4.37. The quantitative estimate of drug-likeness (QED) is 0.698. The van der Waals surface area contributed by atoms with Crippen molar-refractivity contribution in [2.45, 2.75) is 33.4 Å². The van der Waals surface area contributed by atoms with Crippen molar-refractivity contribution >= 4 is 0 Å². The minimum atomic E-state index is 0.557. The molecule has 1 heterocycles. The van der Waals surface area contributed by atoms with Crippen molar-refractivity contribution < 1.29 is 0 Å². The summed E-state index contributed by atoms with van der Waals surface area (Å²) in [6, 6.07) is 0.557. The van der Waals surface area contributed by atoms with Crippen LogP contribution in [-0.2, 0) is 13.6 Å². The summed E-state index contributed by atoms with van der Waals surface area (Å²) in [7, 11) is 1.98. The van der Waals surface area contributed by atoms with Gasteiger partial charge < -0.3 is 4.57 Å². The highest BCUT2D eigenvalue weighted by Crippen LogP contribution is 2.03. The van der Waals surface area contributed by atoms with E-state index < -0.39 is 0 Å². The number of nitrogens with zero attached hydrogens (tertiary/aromatic N) is 4. The van der Waals surface area contributed by atoms with Gasteiger partial charge in [0.25, 0.3) is 0 Å². The molecule has 1 rings (SSSR count). The summed E-state index contributed by atoms with van der Waals surface area (Å²) in [4.78, 5) is 2.35. The second-order valence-corrected chi connectivity index (χ2v) is 3.51. The molecule has 0 spiro atoms. The zero-order valence-corrected chi connectivity index (χ0v) is 8.86. The molecule has 0 saturated carbocycles. The van der Waals surface area contributed by atoms with Gasteiger partial charge in [-0.3, -0.25) is 4.90 Å². The fraction of sp³-hybridized carbons (Fsp3) is 0.778. The molecule has 0 unspecified atom stereocenters. The topological polar surface area (TPSA) is 34.0 Å². The standard InChI is InChI=1S/C9H18N4/c1-5-13(8(2)3)6-9-11-10-7-12(9)4/h7-8H,5-6H2,1-4H3. The molecule has 13 heavy (non-hydrogen) atoms. The molecule has 0 aliphatic carbocycles. The molecule has 74 valence electrons. The van der Waals surface area contributed by atoms with Gasteiger partial charge in [0, 0.05) is 13.1 Å². The van der Waals surface area contributed by atoms with Crippen molar-refractivity contribution in [1.82, 2.24) is 19.7 Å². The van der Waals surface area contributed by atoms with Gasteiger partial charge in [0.15, 0.2) is 0 Å². The maximum absolute atomic E-state index is 4.06. The first-order valence-corrected chi connectivity index (χ1v) is 4.72. The van der Waals surface area contributed by atoms with Gasteiger partial charge >= 0.3 is 0 Å². The molecule has 0 aliphatic rings. The van der Waals surface area contributed by atoms with Crippen LogP contribution in [0.3, 0.4) is 0 Å². The Labute approximate surface area is 79.6 Å². The minimum Gasteiger partial charge on any atom is -0.320 e. The Morgan fingerprint density at radius 1 is 1.54 bits per heavy atom. The highest BCUT2D eigenvalue weighted by molar-refractivity contribution is 4.84. The molecule has 1 aromatic heterocycles. The Morgan fingerprint density at radius 3 is 2.62 bits per heavy atom.